The number of hydrogen-bond acceptors (Lipinski definition) is 6. The SMILES string of the molecule is CCOc1ccccc1N1C(=O)C(Cl)=C(Nc2cccc(C(=O)[O-])c2)C1=O. The molecule has 0 radical (unpaired) electrons. The highest BCUT2D eigenvalue weighted by atomic mass is 35.5. The standard InChI is InChI=1S/C19H15ClN2O5/c1-2-27-14-9-4-3-8-13(14)22-17(23)15(20)16(18(22)24)21-12-7-5-6-11(10-12)19(25)26/h3-10,21H,2H2,1H3,(H,25,26)/p-1. The fourth-order valence-electron chi connectivity index (χ4n) is 2.62. The molecule has 1 aliphatic heterocycles. The van der Waals surface area contributed by atoms with E-state index in [0.29, 0.717) is 12.4 Å². The highest BCUT2D eigenvalue weighted by Gasteiger charge is 2.40. The Bertz CT molecular complexity index is 970. The van der Waals surface area contributed by atoms with Crippen molar-refractivity contribution in [1.82, 2.24) is 0 Å². The van der Waals surface area contributed by atoms with E-state index < -0.39 is 17.8 Å². The molecule has 8 heteroatoms. The van der Waals surface area contributed by atoms with E-state index in [2.05, 4.69) is 5.32 Å². The van der Waals surface area contributed by atoms with Crippen molar-refractivity contribution in [2.45, 2.75) is 6.92 Å². The van der Waals surface area contributed by atoms with Gasteiger partial charge in [-0.15, -0.1) is 0 Å². The van der Waals surface area contributed by atoms with Gasteiger partial charge in [-0.05, 0) is 36.8 Å². The van der Waals surface area contributed by atoms with Crippen LogP contribution in [0.2, 0.25) is 0 Å². The number of aromatic carboxylic acids is 1. The van der Waals surface area contributed by atoms with Gasteiger partial charge in [-0.1, -0.05) is 35.9 Å². The van der Waals surface area contributed by atoms with Gasteiger partial charge in [0, 0.05) is 5.69 Å². The summed E-state index contributed by atoms with van der Waals surface area (Å²) >= 11 is 6.09. The van der Waals surface area contributed by atoms with Crippen LogP contribution >= 0.6 is 11.6 Å². The molecule has 0 aliphatic carbocycles. The molecule has 2 amide bonds. The number of hydrogen-bond donors (Lipinski definition) is 1. The van der Waals surface area contributed by atoms with Gasteiger partial charge in [0.15, 0.2) is 0 Å². The predicted molar refractivity (Wildman–Crippen MR) is 97.4 cm³/mol. The summed E-state index contributed by atoms with van der Waals surface area (Å²) in [5.74, 6) is -2.37. The second-order valence-electron chi connectivity index (χ2n) is 5.53. The Morgan fingerprint density at radius 3 is 2.59 bits per heavy atom. The van der Waals surface area contributed by atoms with E-state index >= 15 is 0 Å². The number of carboxylic acids is 1. The van der Waals surface area contributed by atoms with Gasteiger partial charge in [-0.25, -0.2) is 4.90 Å². The van der Waals surface area contributed by atoms with Crippen molar-refractivity contribution >= 4 is 40.8 Å². The Hall–Kier alpha value is -3.32. The normalized spacial score (nSPS) is 13.9. The third-order valence-electron chi connectivity index (χ3n) is 3.80. The van der Waals surface area contributed by atoms with Crippen molar-refractivity contribution in [2.75, 3.05) is 16.8 Å². The fraction of sp³-hybridized carbons (Fsp3) is 0.105. The van der Waals surface area contributed by atoms with Crippen LogP contribution in [0.5, 0.6) is 5.75 Å². The molecule has 0 saturated carbocycles. The molecule has 1 heterocycles. The zero-order chi connectivity index (χ0) is 19.6. The van der Waals surface area contributed by atoms with Crippen molar-refractivity contribution in [3.8, 4) is 5.75 Å². The van der Waals surface area contributed by atoms with Crippen LogP contribution in [0.3, 0.4) is 0 Å². The molecule has 0 fully saturated rings. The number of nitrogens with one attached hydrogen (secondary N) is 1. The Kier molecular flexibility index (Phi) is 5.14. The van der Waals surface area contributed by atoms with Crippen LogP contribution in [0, 0.1) is 0 Å². The van der Waals surface area contributed by atoms with E-state index in [4.69, 9.17) is 16.3 Å². The number of anilines is 2. The summed E-state index contributed by atoms with van der Waals surface area (Å²) in [7, 11) is 0. The van der Waals surface area contributed by atoms with Crippen molar-refractivity contribution in [3.05, 3.63) is 64.8 Å². The number of carbonyl (C=O) groups is 3. The van der Waals surface area contributed by atoms with Crippen LogP contribution in [0.1, 0.15) is 17.3 Å². The lowest BCUT2D eigenvalue weighted by Crippen LogP contribution is -2.32. The minimum absolute atomic E-state index is 0.0768. The number of nitrogens with zero attached hydrogens (tertiary/aromatic N) is 1. The summed E-state index contributed by atoms with van der Waals surface area (Å²) < 4.78 is 5.48. The lowest BCUT2D eigenvalue weighted by Gasteiger charge is -2.18. The predicted octanol–water partition coefficient (Wildman–Crippen LogP) is 1.88. The second-order valence-corrected chi connectivity index (χ2v) is 5.91. The zero-order valence-electron chi connectivity index (χ0n) is 14.2. The number of rotatable bonds is 6. The molecule has 2 aromatic carbocycles. The minimum Gasteiger partial charge on any atom is -0.545 e. The van der Waals surface area contributed by atoms with E-state index in [1.807, 2.05) is 0 Å². The molecule has 3 rings (SSSR count). The lowest BCUT2D eigenvalue weighted by atomic mass is 10.2. The van der Waals surface area contributed by atoms with E-state index in [-0.39, 0.29) is 27.7 Å². The van der Waals surface area contributed by atoms with Crippen LogP contribution in [-0.2, 0) is 9.59 Å². The largest absolute Gasteiger partial charge is 0.545 e. The average molecular weight is 386 g/mol. The van der Waals surface area contributed by atoms with Gasteiger partial charge in [0.05, 0.1) is 18.3 Å². The van der Waals surface area contributed by atoms with Gasteiger partial charge in [0.1, 0.15) is 16.5 Å². The average Bonchev–Trinajstić information content (AvgIpc) is 2.86. The van der Waals surface area contributed by atoms with E-state index in [9.17, 15) is 19.5 Å². The third kappa shape index (κ3) is 3.50. The first-order valence-corrected chi connectivity index (χ1v) is 8.40. The molecule has 0 unspecified atom stereocenters. The van der Waals surface area contributed by atoms with Crippen molar-refractivity contribution in [1.29, 1.82) is 0 Å². The summed E-state index contributed by atoms with van der Waals surface area (Å²) in [6.45, 7) is 2.14. The summed E-state index contributed by atoms with van der Waals surface area (Å²) in [5.41, 5.74) is 0.328. The molecule has 1 aliphatic rings. The van der Waals surface area contributed by atoms with Crippen molar-refractivity contribution in [2.24, 2.45) is 0 Å². The number of carbonyl (C=O) groups excluding carboxylic acids is 3. The first-order valence-electron chi connectivity index (χ1n) is 8.02. The topological polar surface area (TPSA) is 98.8 Å². The summed E-state index contributed by atoms with van der Waals surface area (Å²) in [6, 6.07) is 12.3. The Balaban J connectivity index is 1.93. The van der Waals surface area contributed by atoms with Gasteiger partial charge in [0.2, 0.25) is 0 Å². The maximum absolute atomic E-state index is 12.8. The molecule has 0 saturated heterocycles. The molecule has 1 N–H and O–H groups in total. The lowest BCUT2D eigenvalue weighted by molar-refractivity contribution is -0.255. The summed E-state index contributed by atoms with van der Waals surface area (Å²) in [5, 5.41) is 13.4. The second kappa shape index (κ2) is 7.51. The monoisotopic (exact) mass is 385 g/mol. The van der Waals surface area contributed by atoms with Crippen LogP contribution in [0.15, 0.2) is 59.3 Å². The molecule has 0 spiro atoms. The number of halogens is 1. The molecular formula is C19H14ClN2O5-. The van der Waals surface area contributed by atoms with Crippen LogP contribution in [-0.4, -0.2) is 24.4 Å². The number of para-hydroxylation sites is 2. The molecule has 7 nitrogen and oxygen atoms in total. The van der Waals surface area contributed by atoms with Crippen LogP contribution < -0.4 is 20.1 Å². The molecule has 0 atom stereocenters. The van der Waals surface area contributed by atoms with E-state index in [1.54, 1.807) is 31.2 Å². The smallest absolute Gasteiger partial charge is 0.283 e. The third-order valence-corrected chi connectivity index (χ3v) is 4.15. The maximum Gasteiger partial charge on any atom is 0.283 e. The zero-order valence-corrected chi connectivity index (χ0v) is 14.9. The molecule has 0 aromatic heterocycles. The van der Waals surface area contributed by atoms with Gasteiger partial charge in [-0.3, -0.25) is 9.59 Å². The summed E-state index contributed by atoms with van der Waals surface area (Å²) in [4.78, 5) is 37.3. The fourth-order valence-corrected chi connectivity index (χ4v) is 2.83. The number of benzene rings is 2. The van der Waals surface area contributed by atoms with E-state index in [0.717, 1.165) is 4.90 Å². The Morgan fingerprint density at radius 1 is 1.15 bits per heavy atom. The van der Waals surface area contributed by atoms with Gasteiger partial charge >= 0.3 is 0 Å². The van der Waals surface area contributed by atoms with Crippen LogP contribution in [0.25, 0.3) is 0 Å². The van der Waals surface area contributed by atoms with Crippen molar-refractivity contribution in [3.63, 3.8) is 0 Å². The van der Waals surface area contributed by atoms with Gasteiger partial charge < -0.3 is 20.0 Å². The van der Waals surface area contributed by atoms with Gasteiger partial charge in [0.25, 0.3) is 11.8 Å². The number of carboxylic acid groups (broad SMARTS) is 1. The first kappa shape index (κ1) is 18.5. The number of imide groups is 1. The highest BCUT2D eigenvalue weighted by Crippen LogP contribution is 2.35. The first-order chi connectivity index (χ1) is 12.9. The van der Waals surface area contributed by atoms with E-state index in [1.165, 1.54) is 24.3 Å². The van der Waals surface area contributed by atoms with Crippen LogP contribution in [0.4, 0.5) is 11.4 Å². The Labute approximate surface area is 159 Å². The Morgan fingerprint density at radius 2 is 1.89 bits per heavy atom. The molecule has 0 bridgehead atoms. The van der Waals surface area contributed by atoms with Crippen molar-refractivity contribution < 1.29 is 24.2 Å². The minimum atomic E-state index is -1.36. The molecule has 27 heavy (non-hydrogen) atoms. The highest BCUT2D eigenvalue weighted by molar-refractivity contribution is 6.53. The molecular weight excluding hydrogens is 372 g/mol. The number of amides is 2. The van der Waals surface area contributed by atoms with Gasteiger partial charge in [-0.2, -0.15) is 0 Å². The number of ether oxygens (including phenoxy) is 1. The summed E-state index contributed by atoms with van der Waals surface area (Å²) in [6.07, 6.45) is 0. The molecule has 138 valence electrons. The quantitative estimate of drug-likeness (QED) is 0.762. The molecule has 2 aromatic rings. The maximum atomic E-state index is 12.8.